The average molecular weight is 253 g/mol. The molecule has 0 radical (unpaired) electrons. The predicted octanol–water partition coefficient (Wildman–Crippen LogP) is 2.49. The molecule has 1 heterocycles. The average Bonchev–Trinajstić information content (AvgIpc) is 2.33. The molecule has 5 nitrogen and oxygen atoms in total. The van der Waals surface area contributed by atoms with Crippen molar-refractivity contribution in [2.45, 2.75) is 39.7 Å². The molecule has 0 saturated carbocycles. The number of aromatic nitrogens is 2. The number of nitrogens with zero attached hydrogens (tertiary/aromatic N) is 2. The van der Waals surface area contributed by atoms with Crippen molar-refractivity contribution in [2.24, 2.45) is 0 Å². The Bertz CT molecular complexity index is 332. The summed E-state index contributed by atoms with van der Waals surface area (Å²) in [5, 5.41) is 3.15. The highest BCUT2D eigenvalue weighted by molar-refractivity contribution is 5.27. The highest BCUT2D eigenvalue weighted by Gasteiger charge is 2.01. The second-order valence-corrected chi connectivity index (χ2v) is 4.28. The summed E-state index contributed by atoms with van der Waals surface area (Å²) in [6.45, 7) is 8.44. The van der Waals surface area contributed by atoms with Gasteiger partial charge < -0.3 is 14.8 Å². The number of anilines is 1. The van der Waals surface area contributed by atoms with Gasteiger partial charge in [-0.05, 0) is 26.7 Å². The Kier molecular flexibility index (Phi) is 7.10. The van der Waals surface area contributed by atoms with Gasteiger partial charge in [0.25, 0.3) is 0 Å². The van der Waals surface area contributed by atoms with E-state index in [0.717, 1.165) is 32.6 Å². The predicted molar refractivity (Wildman–Crippen MR) is 72.0 cm³/mol. The maximum absolute atomic E-state index is 5.50. The minimum Gasteiger partial charge on any atom is -0.475 e. The molecule has 1 rings (SSSR count). The van der Waals surface area contributed by atoms with Crippen LogP contribution in [0.4, 0.5) is 5.95 Å². The van der Waals surface area contributed by atoms with Crippen LogP contribution in [-0.4, -0.2) is 35.8 Å². The second kappa shape index (κ2) is 8.69. The molecule has 0 aromatic carbocycles. The van der Waals surface area contributed by atoms with Gasteiger partial charge in [-0.1, -0.05) is 6.92 Å². The quantitative estimate of drug-likeness (QED) is 0.685. The lowest BCUT2D eigenvalue weighted by atomic mass is 10.4. The second-order valence-electron chi connectivity index (χ2n) is 4.28. The van der Waals surface area contributed by atoms with Gasteiger partial charge in [-0.25, -0.2) is 4.98 Å². The summed E-state index contributed by atoms with van der Waals surface area (Å²) in [6, 6.07) is 1.76. The highest BCUT2D eigenvalue weighted by Crippen LogP contribution is 2.09. The molecule has 0 amide bonds. The van der Waals surface area contributed by atoms with Crippen LogP contribution in [-0.2, 0) is 4.74 Å². The Morgan fingerprint density at radius 3 is 2.89 bits per heavy atom. The number of ether oxygens (including phenoxy) is 2. The fourth-order valence-electron chi connectivity index (χ4n) is 1.36. The van der Waals surface area contributed by atoms with Crippen LogP contribution < -0.4 is 10.1 Å². The van der Waals surface area contributed by atoms with E-state index in [1.165, 1.54) is 0 Å². The number of rotatable bonds is 9. The van der Waals surface area contributed by atoms with E-state index in [4.69, 9.17) is 9.47 Å². The SMILES string of the molecule is CCCOCCCNc1nccc(OC(C)C)n1. The van der Waals surface area contributed by atoms with Crippen molar-refractivity contribution in [1.82, 2.24) is 9.97 Å². The van der Waals surface area contributed by atoms with Crippen LogP contribution >= 0.6 is 0 Å². The van der Waals surface area contributed by atoms with Gasteiger partial charge in [-0.3, -0.25) is 0 Å². The smallest absolute Gasteiger partial charge is 0.225 e. The third-order valence-corrected chi connectivity index (χ3v) is 2.08. The fraction of sp³-hybridized carbons (Fsp3) is 0.692. The summed E-state index contributed by atoms with van der Waals surface area (Å²) in [5.74, 6) is 1.20. The van der Waals surface area contributed by atoms with Crippen molar-refractivity contribution in [2.75, 3.05) is 25.1 Å². The first kappa shape index (κ1) is 14.7. The van der Waals surface area contributed by atoms with E-state index in [-0.39, 0.29) is 6.10 Å². The molecule has 1 N–H and O–H groups in total. The van der Waals surface area contributed by atoms with Gasteiger partial charge in [-0.15, -0.1) is 0 Å². The number of nitrogens with one attached hydrogen (secondary N) is 1. The van der Waals surface area contributed by atoms with Crippen molar-refractivity contribution < 1.29 is 9.47 Å². The lowest BCUT2D eigenvalue weighted by Crippen LogP contribution is -2.11. The van der Waals surface area contributed by atoms with Crippen LogP contribution in [0.5, 0.6) is 5.88 Å². The van der Waals surface area contributed by atoms with Crippen molar-refractivity contribution in [3.05, 3.63) is 12.3 Å². The largest absolute Gasteiger partial charge is 0.475 e. The molecule has 0 atom stereocenters. The molecule has 0 aliphatic carbocycles. The molecular formula is C13H23N3O2. The molecule has 0 fully saturated rings. The van der Waals surface area contributed by atoms with E-state index in [0.29, 0.717) is 11.8 Å². The number of hydrogen-bond acceptors (Lipinski definition) is 5. The van der Waals surface area contributed by atoms with Crippen LogP contribution in [0.25, 0.3) is 0 Å². The molecular weight excluding hydrogens is 230 g/mol. The van der Waals surface area contributed by atoms with Crippen LogP contribution in [0.15, 0.2) is 12.3 Å². The summed E-state index contributed by atoms with van der Waals surface area (Å²) < 4.78 is 10.9. The van der Waals surface area contributed by atoms with Gasteiger partial charge in [0.05, 0.1) is 6.10 Å². The minimum atomic E-state index is 0.121. The standard InChI is InChI=1S/C13H23N3O2/c1-4-9-17-10-5-7-14-13-15-8-6-12(16-13)18-11(2)3/h6,8,11H,4-5,7,9-10H2,1-3H3,(H,14,15,16). The Labute approximate surface area is 109 Å². The molecule has 0 bridgehead atoms. The first-order valence-corrected chi connectivity index (χ1v) is 6.53. The molecule has 0 aliphatic rings. The van der Waals surface area contributed by atoms with Gasteiger partial charge in [0.2, 0.25) is 11.8 Å². The first-order chi connectivity index (χ1) is 8.72. The number of hydrogen-bond donors (Lipinski definition) is 1. The van der Waals surface area contributed by atoms with Gasteiger partial charge in [0.15, 0.2) is 0 Å². The molecule has 5 heteroatoms. The van der Waals surface area contributed by atoms with Crippen molar-refractivity contribution in [3.63, 3.8) is 0 Å². The first-order valence-electron chi connectivity index (χ1n) is 6.53. The van der Waals surface area contributed by atoms with Crippen LogP contribution in [0.2, 0.25) is 0 Å². The molecule has 1 aromatic rings. The van der Waals surface area contributed by atoms with Gasteiger partial charge in [0, 0.05) is 32.0 Å². The summed E-state index contributed by atoms with van der Waals surface area (Å²) in [6.07, 6.45) is 3.82. The molecule has 102 valence electrons. The topological polar surface area (TPSA) is 56.3 Å². The Morgan fingerprint density at radius 1 is 1.33 bits per heavy atom. The van der Waals surface area contributed by atoms with E-state index in [9.17, 15) is 0 Å². The van der Waals surface area contributed by atoms with Crippen LogP contribution in [0.3, 0.4) is 0 Å². The lowest BCUT2D eigenvalue weighted by Gasteiger charge is -2.10. The van der Waals surface area contributed by atoms with Crippen LogP contribution in [0, 0.1) is 0 Å². The Balaban J connectivity index is 2.25. The van der Waals surface area contributed by atoms with Crippen molar-refractivity contribution in [3.8, 4) is 5.88 Å². The maximum atomic E-state index is 5.50. The molecule has 1 aromatic heterocycles. The summed E-state index contributed by atoms with van der Waals surface area (Å²) in [4.78, 5) is 8.40. The normalized spacial score (nSPS) is 10.7. The summed E-state index contributed by atoms with van der Waals surface area (Å²) >= 11 is 0. The minimum absolute atomic E-state index is 0.121. The molecule has 0 unspecified atom stereocenters. The van der Waals surface area contributed by atoms with Gasteiger partial charge >= 0.3 is 0 Å². The summed E-state index contributed by atoms with van der Waals surface area (Å²) in [7, 11) is 0. The monoisotopic (exact) mass is 253 g/mol. The van der Waals surface area contributed by atoms with Gasteiger partial charge in [-0.2, -0.15) is 4.98 Å². The molecule has 0 aliphatic heterocycles. The van der Waals surface area contributed by atoms with E-state index in [2.05, 4.69) is 22.2 Å². The fourth-order valence-corrected chi connectivity index (χ4v) is 1.36. The van der Waals surface area contributed by atoms with E-state index in [1.807, 2.05) is 13.8 Å². The zero-order chi connectivity index (χ0) is 13.2. The maximum Gasteiger partial charge on any atom is 0.225 e. The Morgan fingerprint density at radius 2 is 2.17 bits per heavy atom. The zero-order valence-corrected chi connectivity index (χ0v) is 11.5. The highest BCUT2D eigenvalue weighted by atomic mass is 16.5. The third kappa shape index (κ3) is 6.39. The molecule has 0 spiro atoms. The van der Waals surface area contributed by atoms with Crippen molar-refractivity contribution in [1.29, 1.82) is 0 Å². The van der Waals surface area contributed by atoms with E-state index >= 15 is 0 Å². The van der Waals surface area contributed by atoms with Crippen LogP contribution in [0.1, 0.15) is 33.6 Å². The van der Waals surface area contributed by atoms with Crippen molar-refractivity contribution >= 4 is 5.95 Å². The third-order valence-electron chi connectivity index (χ3n) is 2.08. The summed E-state index contributed by atoms with van der Waals surface area (Å²) in [5.41, 5.74) is 0. The molecule has 0 saturated heterocycles. The zero-order valence-electron chi connectivity index (χ0n) is 11.5. The van der Waals surface area contributed by atoms with E-state index < -0.39 is 0 Å². The van der Waals surface area contributed by atoms with E-state index in [1.54, 1.807) is 12.3 Å². The van der Waals surface area contributed by atoms with Gasteiger partial charge in [0.1, 0.15) is 0 Å². The Hall–Kier alpha value is -1.36. The lowest BCUT2D eigenvalue weighted by molar-refractivity contribution is 0.134. The molecule has 18 heavy (non-hydrogen) atoms.